The lowest BCUT2D eigenvalue weighted by Crippen LogP contribution is -2.21. The summed E-state index contributed by atoms with van der Waals surface area (Å²) >= 11 is 0. The SMILES string of the molecule is CC(=O)C(C)OCC(=O)O. The lowest BCUT2D eigenvalue weighted by atomic mass is 10.3. The van der Waals surface area contributed by atoms with Gasteiger partial charge in [-0.3, -0.25) is 4.79 Å². The number of ketones is 1. The van der Waals surface area contributed by atoms with E-state index in [1.165, 1.54) is 13.8 Å². The Labute approximate surface area is 58.8 Å². The molecule has 0 amide bonds. The molecule has 0 rings (SSSR count). The van der Waals surface area contributed by atoms with E-state index in [1.807, 2.05) is 0 Å². The number of hydrogen-bond acceptors (Lipinski definition) is 3. The molecule has 0 fully saturated rings. The minimum Gasteiger partial charge on any atom is -0.480 e. The van der Waals surface area contributed by atoms with E-state index in [2.05, 4.69) is 4.74 Å². The average Bonchev–Trinajstić information content (AvgIpc) is 1.82. The van der Waals surface area contributed by atoms with Gasteiger partial charge >= 0.3 is 5.97 Å². The van der Waals surface area contributed by atoms with Crippen molar-refractivity contribution < 1.29 is 19.4 Å². The minimum atomic E-state index is -1.06. The van der Waals surface area contributed by atoms with Crippen molar-refractivity contribution in [3.05, 3.63) is 0 Å². The van der Waals surface area contributed by atoms with Gasteiger partial charge in [0.2, 0.25) is 0 Å². The lowest BCUT2D eigenvalue weighted by Gasteiger charge is -2.05. The fourth-order valence-corrected chi connectivity index (χ4v) is 0.314. The number of Topliss-reactive ketones (excluding diaryl/α,β-unsaturated/α-hetero) is 1. The second-order valence-corrected chi connectivity index (χ2v) is 1.96. The van der Waals surface area contributed by atoms with E-state index in [1.54, 1.807) is 0 Å². The van der Waals surface area contributed by atoms with Crippen LogP contribution in [0, 0.1) is 0 Å². The van der Waals surface area contributed by atoms with E-state index < -0.39 is 18.7 Å². The predicted octanol–water partition coefficient (Wildman–Crippen LogP) is 0.0651. The van der Waals surface area contributed by atoms with Crippen LogP contribution in [-0.2, 0) is 14.3 Å². The molecule has 0 aliphatic rings. The van der Waals surface area contributed by atoms with Crippen LogP contribution in [0.1, 0.15) is 13.8 Å². The summed E-state index contributed by atoms with van der Waals surface area (Å²) in [5.41, 5.74) is 0. The van der Waals surface area contributed by atoms with E-state index in [0.717, 1.165) is 0 Å². The number of ether oxygens (including phenoxy) is 1. The molecular formula is C6H10O4. The zero-order valence-corrected chi connectivity index (χ0v) is 5.96. The molecule has 1 unspecified atom stereocenters. The van der Waals surface area contributed by atoms with Gasteiger partial charge in [-0.25, -0.2) is 4.79 Å². The first-order chi connectivity index (χ1) is 4.54. The maximum absolute atomic E-state index is 10.4. The molecule has 0 saturated heterocycles. The molecule has 4 heteroatoms. The predicted molar refractivity (Wildman–Crippen MR) is 33.7 cm³/mol. The van der Waals surface area contributed by atoms with Crippen LogP contribution in [-0.4, -0.2) is 29.6 Å². The quantitative estimate of drug-likeness (QED) is 0.609. The molecule has 4 nitrogen and oxygen atoms in total. The Morgan fingerprint density at radius 2 is 2.10 bits per heavy atom. The van der Waals surface area contributed by atoms with E-state index in [-0.39, 0.29) is 5.78 Å². The van der Waals surface area contributed by atoms with Crippen molar-refractivity contribution in [3.8, 4) is 0 Å². The van der Waals surface area contributed by atoms with E-state index in [9.17, 15) is 9.59 Å². The van der Waals surface area contributed by atoms with E-state index >= 15 is 0 Å². The molecular weight excluding hydrogens is 136 g/mol. The molecule has 0 bridgehead atoms. The zero-order chi connectivity index (χ0) is 8.15. The summed E-state index contributed by atoms with van der Waals surface area (Å²) in [5, 5.41) is 8.11. The summed E-state index contributed by atoms with van der Waals surface area (Å²) in [6.07, 6.45) is -0.615. The minimum absolute atomic E-state index is 0.166. The Morgan fingerprint density at radius 1 is 1.60 bits per heavy atom. The van der Waals surface area contributed by atoms with Crippen LogP contribution in [0.3, 0.4) is 0 Å². The van der Waals surface area contributed by atoms with Crippen molar-refractivity contribution in [1.82, 2.24) is 0 Å². The first kappa shape index (κ1) is 9.10. The van der Waals surface area contributed by atoms with Crippen LogP contribution in [0.25, 0.3) is 0 Å². The third-order valence-electron chi connectivity index (χ3n) is 1.03. The van der Waals surface area contributed by atoms with Gasteiger partial charge in [0.1, 0.15) is 12.7 Å². The summed E-state index contributed by atoms with van der Waals surface area (Å²) in [5.74, 6) is -1.23. The number of carboxylic acid groups (broad SMARTS) is 1. The highest BCUT2D eigenvalue weighted by molar-refractivity contribution is 5.80. The maximum Gasteiger partial charge on any atom is 0.329 e. The molecule has 0 heterocycles. The first-order valence-corrected chi connectivity index (χ1v) is 2.88. The van der Waals surface area contributed by atoms with E-state index in [4.69, 9.17) is 5.11 Å². The van der Waals surface area contributed by atoms with Crippen LogP contribution in [0.5, 0.6) is 0 Å². The smallest absolute Gasteiger partial charge is 0.329 e. The molecule has 0 aromatic carbocycles. The Balaban J connectivity index is 3.49. The second kappa shape index (κ2) is 4.00. The van der Waals surface area contributed by atoms with Gasteiger partial charge in [-0.2, -0.15) is 0 Å². The van der Waals surface area contributed by atoms with Crippen molar-refractivity contribution >= 4 is 11.8 Å². The third kappa shape index (κ3) is 4.03. The number of carboxylic acids is 1. The molecule has 0 radical (unpaired) electrons. The fourth-order valence-electron chi connectivity index (χ4n) is 0.314. The van der Waals surface area contributed by atoms with Gasteiger partial charge in [0, 0.05) is 0 Å². The third-order valence-corrected chi connectivity index (χ3v) is 1.03. The van der Waals surface area contributed by atoms with E-state index in [0.29, 0.717) is 0 Å². The summed E-state index contributed by atoms with van der Waals surface area (Å²) in [6, 6.07) is 0. The number of aliphatic carboxylic acids is 1. The van der Waals surface area contributed by atoms with Gasteiger partial charge < -0.3 is 9.84 Å². The number of rotatable bonds is 4. The molecule has 1 atom stereocenters. The van der Waals surface area contributed by atoms with Crippen LogP contribution < -0.4 is 0 Å². The molecule has 0 aliphatic carbocycles. The van der Waals surface area contributed by atoms with Crippen LogP contribution >= 0.6 is 0 Å². The summed E-state index contributed by atoms with van der Waals surface area (Å²) < 4.78 is 4.62. The molecule has 58 valence electrons. The fraction of sp³-hybridized carbons (Fsp3) is 0.667. The van der Waals surface area contributed by atoms with Crippen molar-refractivity contribution in [2.45, 2.75) is 20.0 Å². The lowest BCUT2D eigenvalue weighted by molar-refractivity contribution is -0.146. The standard InChI is InChI=1S/C6H10O4/c1-4(7)5(2)10-3-6(8)9/h5H,3H2,1-2H3,(H,8,9). The van der Waals surface area contributed by atoms with Gasteiger partial charge in [0.05, 0.1) is 0 Å². The monoisotopic (exact) mass is 146 g/mol. The molecule has 10 heavy (non-hydrogen) atoms. The van der Waals surface area contributed by atoms with Crippen molar-refractivity contribution in [2.24, 2.45) is 0 Å². The molecule has 0 spiro atoms. The molecule has 0 saturated carbocycles. The van der Waals surface area contributed by atoms with Crippen LogP contribution in [0.4, 0.5) is 0 Å². The highest BCUT2D eigenvalue weighted by Crippen LogP contribution is 1.90. The Kier molecular flexibility index (Phi) is 3.64. The Morgan fingerprint density at radius 3 is 2.40 bits per heavy atom. The number of carbonyl (C=O) groups is 2. The van der Waals surface area contributed by atoms with Gasteiger partial charge in [-0.15, -0.1) is 0 Å². The summed E-state index contributed by atoms with van der Waals surface area (Å²) in [6.45, 7) is 2.46. The molecule has 0 aliphatic heterocycles. The zero-order valence-electron chi connectivity index (χ0n) is 5.96. The largest absolute Gasteiger partial charge is 0.480 e. The van der Waals surface area contributed by atoms with Gasteiger partial charge in [-0.1, -0.05) is 0 Å². The summed E-state index contributed by atoms with van der Waals surface area (Å²) in [4.78, 5) is 20.3. The average molecular weight is 146 g/mol. The normalized spacial score (nSPS) is 12.6. The Hall–Kier alpha value is -0.900. The second-order valence-electron chi connectivity index (χ2n) is 1.96. The first-order valence-electron chi connectivity index (χ1n) is 2.88. The topological polar surface area (TPSA) is 63.6 Å². The molecule has 1 N–H and O–H groups in total. The number of hydrogen-bond donors (Lipinski definition) is 1. The molecule has 0 aromatic heterocycles. The molecule has 0 aromatic rings. The van der Waals surface area contributed by atoms with Gasteiger partial charge in [-0.05, 0) is 13.8 Å². The van der Waals surface area contributed by atoms with Crippen LogP contribution in [0.2, 0.25) is 0 Å². The van der Waals surface area contributed by atoms with Gasteiger partial charge in [0.15, 0.2) is 5.78 Å². The Bertz CT molecular complexity index is 141. The van der Waals surface area contributed by atoms with Crippen molar-refractivity contribution in [3.63, 3.8) is 0 Å². The van der Waals surface area contributed by atoms with Crippen molar-refractivity contribution in [1.29, 1.82) is 0 Å². The number of carbonyl (C=O) groups excluding carboxylic acids is 1. The van der Waals surface area contributed by atoms with Crippen molar-refractivity contribution in [2.75, 3.05) is 6.61 Å². The maximum atomic E-state index is 10.4. The van der Waals surface area contributed by atoms with Crippen LogP contribution in [0.15, 0.2) is 0 Å². The summed E-state index contributed by atoms with van der Waals surface area (Å²) in [7, 11) is 0. The highest BCUT2D eigenvalue weighted by atomic mass is 16.5. The van der Waals surface area contributed by atoms with Gasteiger partial charge in [0.25, 0.3) is 0 Å². The highest BCUT2D eigenvalue weighted by Gasteiger charge is 2.08.